The van der Waals surface area contributed by atoms with Crippen LogP contribution in [0.5, 0.6) is 5.75 Å². The summed E-state index contributed by atoms with van der Waals surface area (Å²) >= 11 is 0. The number of carbonyl (C=O) groups is 1. The third kappa shape index (κ3) is 2.82. The molecular weight excluding hydrogens is 278 g/mol. The quantitative estimate of drug-likeness (QED) is 0.796. The molecule has 0 N–H and O–H groups in total. The lowest BCUT2D eigenvalue weighted by Crippen LogP contribution is -2.53. The monoisotopic (exact) mass is 303 g/mol. The highest BCUT2D eigenvalue weighted by Gasteiger charge is 2.37. The molecule has 1 aliphatic heterocycles. The molecule has 4 heteroatoms. The van der Waals surface area contributed by atoms with Crippen molar-refractivity contribution >= 4 is 17.2 Å². The van der Waals surface area contributed by atoms with E-state index in [1.165, 1.54) is 12.7 Å². The molecule has 0 aliphatic carbocycles. The summed E-state index contributed by atoms with van der Waals surface area (Å²) in [5.41, 5.74) is 3.06. The fourth-order valence-electron chi connectivity index (χ4n) is 3.27. The first kappa shape index (κ1) is 16.4. The van der Waals surface area contributed by atoms with Crippen LogP contribution in [-0.2, 0) is 9.53 Å². The van der Waals surface area contributed by atoms with Crippen molar-refractivity contribution in [1.29, 1.82) is 0 Å². The van der Waals surface area contributed by atoms with Gasteiger partial charge in [0.25, 0.3) is 0 Å². The minimum Gasteiger partial charge on any atom is -0.494 e. The lowest BCUT2D eigenvalue weighted by atomic mass is 9.87. The second kappa shape index (κ2) is 6.03. The minimum atomic E-state index is -0.360. The molecule has 0 saturated heterocycles. The van der Waals surface area contributed by atoms with Crippen molar-refractivity contribution in [3.8, 4) is 5.75 Å². The number of allylic oxidation sites excluding steroid dienone is 1. The van der Waals surface area contributed by atoms with Gasteiger partial charge in [-0.05, 0) is 58.4 Å². The Bertz CT molecular complexity index is 604. The Hall–Kier alpha value is -1.97. The molecule has 0 aromatic heterocycles. The van der Waals surface area contributed by atoms with Gasteiger partial charge in [0.15, 0.2) is 0 Å². The molecule has 1 heterocycles. The standard InChI is InChI=1S/C18H25NO3/c1-7-22-14-8-9-16-15(10-14)12(2)11-18(4,5)19(16)13(3)17(20)21-6/h8-11,13H,7H2,1-6H3. The molecular formula is C18H25NO3. The summed E-state index contributed by atoms with van der Waals surface area (Å²) in [7, 11) is 1.43. The highest BCUT2D eigenvalue weighted by atomic mass is 16.5. The number of methoxy groups -OCH3 is 1. The second-order valence-corrected chi connectivity index (χ2v) is 6.16. The SMILES string of the molecule is CCOc1ccc2c(c1)C(C)=CC(C)(C)N2C(C)C(=O)OC. The van der Waals surface area contributed by atoms with Gasteiger partial charge in [-0.1, -0.05) is 6.08 Å². The number of esters is 1. The summed E-state index contributed by atoms with van der Waals surface area (Å²) in [4.78, 5) is 14.2. The Morgan fingerprint density at radius 2 is 2.05 bits per heavy atom. The van der Waals surface area contributed by atoms with E-state index < -0.39 is 0 Å². The van der Waals surface area contributed by atoms with Crippen molar-refractivity contribution in [1.82, 2.24) is 0 Å². The van der Waals surface area contributed by atoms with E-state index in [1.807, 2.05) is 32.0 Å². The molecule has 1 aliphatic rings. The van der Waals surface area contributed by atoms with Crippen molar-refractivity contribution in [2.45, 2.75) is 46.2 Å². The molecule has 120 valence electrons. The van der Waals surface area contributed by atoms with E-state index in [2.05, 4.69) is 31.7 Å². The number of fused-ring (bicyclic) bond motifs is 1. The van der Waals surface area contributed by atoms with Gasteiger partial charge in [-0.3, -0.25) is 0 Å². The molecule has 2 rings (SSSR count). The molecule has 0 amide bonds. The molecule has 0 fully saturated rings. The third-order valence-electron chi connectivity index (χ3n) is 4.08. The second-order valence-electron chi connectivity index (χ2n) is 6.16. The molecule has 1 atom stereocenters. The van der Waals surface area contributed by atoms with Gasteiger partial charge in [-0.2, -0.15) is 0 Å². The first-order valence-electron chi connectivity index (χ1n) is 7.65. The molecule has 1 aromatic rings. The van der Waals surface area contributed by atoms with E-state index in [0.717, 1.165) is 17.0 Å². The van der Waals surface area contributed by atoms with Crippen molar-refractivity contribution in [3.63, 3.8) is 0 Å². The van der Waals surface area contributed by atoms with Crippen LogP contribution in [0.3, 0.4) is 0 Å². The van der Waals surface area contributed by atoms with Crippen LogP contribution in [0.1, 0.15) is 40.2 Å². The molecule has 22 heavy (non-hydrogen) atoms. The lowest BCUT2D eigenvalue weighted by Gasteiger charge is -2.45. The maximum atomic E-state index is 12.1. The average Bonchev–Trinajstić information content (AvgIpc) is 2.46. The Morgan fingerprint density at radius 3 is 2.64 bits per heavy atom. The maximum absolute atomic E-state index is 12.1. The Balaban J connectivity index is 2.54. The van der Waals surface area contributed by atoms with Crippen molar-refractivity contribution in [2.75, 3.05) is 18.6 Å². The van der Waals surface area contributed by atoms with E-state index in [0.29, 0.717) is 6.61 Å². The fraction of sp³-hybridized carbons (Fsp3) is 0.500. The molecule has 1 unspecified atom stereocenters. The largest absolute Gasteiger partial charge is 0.494 e. The highest BCUT2D eigenvalue weighted by molar-refractivity contribution is 5.87. The van der Waals surface area contributed by atoms with Crippen LogP contribution < -0.4 is 9.64 Å². The molecule has 0 saturated carbocycles. The number of anilines is 1. The summed E-state index contributed by atoms with van der Waals surface area (Å²) < 4.78 is 10.5. The van der Waals surface area contributed by atoms with Gasteiger partial charge >= 0.3 is 5.97 Å². The number of rotatable bonds is 4. The van der Waals surface area contributed by atoms with Gasteiger partial charge < -0.3 is 14.4 Å². The van der Waals surface area contributed by atoms with Gasteiger partial charge in [0.2, 0.25) is 0 Å². The Kier molecular flexibility index (Phi) is 4.50. The van der Waals surface area contributed by atoms with E-state index in [4.69, 9.17) is 9.47 Å². The highest BCUT2D eigenvalue weighted by Crippen LogP contribution is 2.41. The maximum Gasteiger partial charge on any atom is 0.328 e. The molecule has 1 aromatic carbocycles. The summed E-state index contributed by atoms with van der Waals surface area (Å²) in [6, 6.07) is 5.66. The normalized spacial score (nSPS) is 17.4. The fourth-order valence-corrected chi connectivity index (χ4v) is 3.27. The molecule has 4 nitrogen and oxygen atoms in total. The van der Waals surface area contributed by atoms with Gasteiger partial charge in [-0.25, -0.2) is 4.79 Å². The number of carbonyl (C=O) groups excluding carboxylic acids is 1. The van der Waals surface area contributed by atoms with Crippen molar-refractivity contribution < 1.29 is 14.3 Å². The third-order valence-corrected chi connectivity index (χ3v) is 4.08. The summed E-state index contributed by atoms with van der Waals surface area (Å²) in [5, 5.41) is 0. The van der Waals surface area contributed by atoms with Gasteiger partial charge in [-0.15, -0.1) is 0 Å². The van der Waals surface area contributed by atoms with Crippen LogP contribution in [0, 0.1) is 0 Å². The Labute approximate surface area is 132 Å². The number of benzene rings is 1. The number of hydrogen-bond donors (Lipinski definition) is 0. The predicted molar refractivity (Wildman–Crippen MR) is 89.3 cm³/mol. The number of hydrogen-bond acceptors (Lipinski definition) is 4. The molecule has 0 radical (unpaired) electrons. The number of ether oxygens (including phenoxy) is 2. The summed E-state index contributed by atoms with van der Waals surface area (Å²) in [6.07, 6.45) is 2.19. The molecule has 0 spiro atoms. The number of nitrogens with zero attached hydrogens (tertiary/aromatic N) is 1. The Morgan fingerprint density at radius 1 is 1.36 bits per heavy atom. The average molecular weight is 303 g/mol. The van der Waals surface area contributed by atoms with Crippen molar-refractivity contribution in [2.24, 2.45) is 0 Å². The van der Waals surface area contributed by atoms with Gasteiger partial charge in [0, 0.05) is 11.3 Å². The van der Waals surface area contributed by atoms with Gasteiger partial charge in [0.05, 0.1) is 19.3 Å². The summed E-state index contributed by atoms with van der Waals surface area (Å²) in [5.74, 6) is 0.611. The van der Waals surface area contributed by atoms with E-state index in [-0.39, 0.29) is 17.6 Å². The van der Waals surface area contributed by atoms with Gasteiger partial charge in [0.1, 0.15) is 11.8 Å². The first-order chi connectivity index (χ1) is 10.3. The molecule has 0 bridgehead atoms. The van der Waals surface area contributed by atoms with Crippen LogP contribution in [0.25, 0.3) is 5.57 Å². The van der Waals surface area contributed by atoms with Crippen LogP contribution in [0.2, 0.25) is 0 Å². The first-order valence-corrected chi connectivity index (χ1v) is 7.65. The van der Waals surface area contributed by atoms with E-state index >= 15 is 0 Å². The van der Waals surface area contributed by atoms with Crippen LogP contribution in [0.4, 0.5) is 5.69 Å². The topological polar surface area (TPSA) is 38.8 Å². The van der Waals surface area contributed by atoms with Crippen LogP contribution in [0.15, 0.2) is 24.3 Å². The lowest BCUT2D eigenvalue weighted by molar-refractivity contribution is -0.142. The minimum absolute atomic E-state index is 0.235. The predicted octanol–water partition coefficient (Wildman–Crippen LogP) is 3.65. The van der Waals surface area contributed by atoms with Crippen LogP contribution >= 0.6 is 0 Å². The zero-order chi connectivity index (χ0) is 16.5. The van der Waals surface area contributed by atoms with E-state index in [1.54, 1.807) is 0 Å². The van der Waals surface area contributed by atoms with Crippen molar-refractivity contribution in [3.05, 3.63) is 29.8 Å². The smallest absolute Gasteiger partial charge is 0.328 e. The summed E-state index contributed by atoms with van der Waals surface area (Å²) in [6.45, 7) is 10.8. The van der Waals surface area contributed by atoms with Crippen LogP contribution in [-0.4, -0.2) is 31.3 Å². The zero-order valence-corrected chi connectivity index (χ0v) is 14.3. The van der Waals surface area contributed by atoms with E-state index in [9.17, 15) is 4.79 Å². The zero-order valence-electron chi connectivity index (χ0n) is 14.3.